The molecule has 38 heavy (non-hydrogen) atoms. The number of fused-ring (bicyclic) bond motifs is 3. The van der Waals surface area contributed by atoms with Gasteiger partial charge in [-0.05, 0) is 23.8 Å². The number of nitrogens with zero attached hydrogens (tertiary/aromatic N) is 2. The molecule has 0 radical (unpaired) electrons. The summed E-state index contributed by atoms with van der Waals surface area (Å²) in [7, 11) is 0. The molecule has 2 bridgehead atoms. The smallest absolute Gasteiger partial charge is 0.333 e. The van der Waals surface area contributed by atoms with Crippen LogP contribution in [0.3, 0.4) is 0 Å². The Labute approximate surface area is 232 Å². The predicted molar refractivity (Wildman–Crippen MR) is 139 cm³/mol. The van der Waals surface area contributed by atoms with Crippen molar-refractivity contribution in [3.63, 3.8) is 0 Å². The SMILES string of the molecule is O=C(C[N+]12CCC(CC1)[C@@H](OC(=O)[C@H](Nc1ccccc1)c1ccccc1)C2)c1ccccc1[N+](=O)[O-].[Br-]. The van der Waals surface area contributed by atoms with Crippen molar-refractivity contribution in [2.75, 3.05) is 31.5 Å². The topological polar surface area (TPSA) is 98.5 Å². The highest BCUT2D eigenvalue weighted by atomic mass is 79.9. The molecule has 9 heteroatoms. The van der Waals surface area contributed by atoms with Gasteiger partial charge in [0.2, 0.25) is 5.78 Å². The maximum Gasteiger partial charge on any atom is 0.333 e. The molecule has 0 aromatic heterocycles. The van der Waals surface area contributed by atoms with Crippen molar-refractivity contribution in [3.05, 3.63) is 106 Å². The molecule has 3 aromatic carbocycles. The van der Waals surface area contributed by atoms with Gasteiger partial charge in [0.05, 0.1) is 18.0 Å². The third-order valence-electron chi connectivity index (χ3n) is 7.64. The Bertz CT molecular complexity index is 1280. The largest absolute Gasteiger partial charge is 1.00 e. The zero-order valence-corrected chi connectivity index (χ0v) is 22.5. The van der Waals surface area contributed by atoms with Crippen molar-refractivity contribution in [2.24, 2.45) is 5.92 Å². The van der Waals surface area contributed by atoms with Crippen molar-refractivity contribution in [3.8, 4) is 0 Å². The number of carbonyl (C=O) groups is 2. The number of carbonyl (C=O) groups excluding carboxylic acids is 2. The number of hydrogen-bond donors (Lipinski definition) is 1. The fraction of sp³-hybridized carbons (Fsp3) is 0.310. The quantitative estimate of drug-likeness (QED) is 0.136. The lowest BCUT2D eigenvalue weighted by Crippen LogP contribution is -3.00. The molecule has 1 N–H and O–H groups in total. The molecule has 8 nitrogen and oxygen atoms in total. The molecular weight excluding hydrogens is 550 g/mol. The summed E-state index contributed by atoms with van der Waals surface area (Å²) >= 11 is 0. The van der Waals surface area contributed by atoms with Crippen LogP contribution < -0.4 is 22.3 Å². The number of nitrogens with one attached hydrogen (secondary N) is 1. The lowest BCUT2D eigenvalue weighted by atomic mass is 9.82. The number of nitro groups is 1. The van der Waals surface area contributed by atoms with E-state index in [4.69, 9.17) is 4.74 Å². The molecular formula is C29H30BrN3O5. The van der Waals surface area contributed by atoms with Crippen LogP contribution in [0.2, 0.25) is 0 Å². The van der Waals surface area contributed by atoms with Crippen molar-refractivity contribution in [2.45, 2.75) is 25.0 Å². The first-order valence-electron chi connectivity index (χ1n) is 12.6. The average molecular weight is 580 g/mol. The second-order valence-electron chi connectivity index (χ2n) is 9.99. The van der Waals surface area contributed by atoms with E-state index in [0.717, 1.165) is 37.2 Å². The molecule has 3 aromatic rings. The summed E-state index contributed by atoms with van der Waals surface area (Å²) in [6.45, 7) is 2.30. The van der Waals surface area contributed by atoms with E-state index in [0.29, 0.717) is 11.0 Å². The zero-order valence-electron chi connectivity index (χ0n) is 20.9. The molecule has 3 heterocycles. The molecule has 3 aliphatic rings. The molecule has 0 aliphatic carbocycles. The number of para-hydroxylation sites is 2. The molecule has 0 spiro atoms. The van der Waals surface area contributed by atoms with E-state index in [9.17, 15) is 19.7 Å². The maximum atomic E-state index is 13.5. The van der Waals surface area contributed by atoms with Crippen molar-refractivity contribution < 1.29 is 40.7 Å². The van der Waals surface area contributed by atoms with Gasteiger partial charge in [0.25, 0.3) is 5.69 Å². The molecule has 0 unspecified atom stereocenters. The summed E-state index contributed by atoms with van der Waals surface area (Å²) in [5, 5.41) is 14.8. The summed E-state index contributed by atoms with van der Waals surface area (Å²) in [6, 6.07) is 24.5. The standard InChI is InChI=1S/C29H30N3O5.BrH/c33-26(24-13-7-8-14-25(24)31(35)36)19-32-17-15-21(16-18-32)27(20-32)37-29(34)28(22-9-3-1-4-10-22)30-23-11-5-2-6-12-23;/h1-14,21,27-28,30H,15-20H2;1H/q+1;/p-1/t21?,27-,28+,32?;/m0./s1. The fourth-order valence-corrected chi connectivity index (χ4v) is 5.68. The van der Waals surface area contributed by atoms with Crippen molar-refractivity contribution >= 4 is 23.1 Å². The minimum absolute atomic E-state index is 0. The number of anilines is 1. The van der Waals surface area contributed by atoms with E-state index < -0.39 is 11.0 Å². The number of ketones is 1. The molecule has 0 saturated carbocycles. The Balaban J connectivity index is 0.00000336. The number of quaternary nitrogens is 1. The summed E-state index contributed by atoms with van der Waals surface area (Å²) in [4.78, 5) is 37.7. The van der Waals surface area contributed by atoms with Gasteiger partial charge in [0.1, 0.15) is 18.7 Å². The second-order valence-corrected chi connectivity index (χ2v) is 9.99. The number of esters is 1. The van der Waals surface area contributed by atoms with Gasteiger partial charge in [-0.1, -0.05) is 60.7 Å². The van der Waals surface area contributed by atoms with Crippen LogP contribution in [0, 0.1) is 16.0 Å². The van der Waals surface area contributed by atoms with Gasteiger partial charge in [0.15, 0.2) is 12.1 Å². The minimum Gasteiger partial charge on any atom is -1.00 e. The lowest BCUT2D eigenvalue weighted by Gasteiger charge is -2.51. The predicted octanol–water partition coefficient (Wildman–Crippen LogP) is 1.79. The molecule has 198 valence electrons. The van der Waals surface area contributed by atoms with E-state index in [-0.39, 0.29) is 58.6 Å². The molecule has 0 amide bonds. The maximum absolute atomic E-state index is 13.5. The normalized spacial score (nSPS) is 22.5. The third-order valence-corrected chi connectivity index (χ3v) is 7.64. The van der Waals surface area contributed by atoms with Crippen LogP contribution in [0.1, 0.15) is 34.8 Å². The van der Waals surface area contributed by atoms with Gasteiger partial charge in [-0.3, -0.25) is 14.9 Å². The molecule has 3 fully saturated rings. The number of nitro benzene ring substituents is 1. The van der Waals surface area contributed by atoms with Crippen LogP contribution in [-0.2, 0) is 9.53 Å². The first-order valence-corrected chi connectivity index (χ1v) is 12.6. The third kappa shape index (κ3) is 5.95. The Kier molecular flexibility index (Phi) is 8.58. The van der Waals surface area contributed by atoms with E-state index in [1.54, 1.807) is 12.1 Å². The lowest BCUT2D eigenvalue weighted by molar-refractivity contribution is -0.938. The highest BCUT2D eigenvalue weighted by Crippen LogP contribution is 2.37. The van der Waals surface area contributed by atoms with Crippen LogP contribution >= 0.6 is 0 Å². The van der Waals surface area contributed by atoms with E-state index >= 15 is 0 Å². The molecule has 3 saturated heterocycles. The number of benzene rings is 3. The van der Waals surface area contributed by atoms with Gasteiger partial charge >= 0.3 is 5.97 Å². The number of piperidine rings is 3. The molecule has 3 aliphatic heterocycles. The minimum atomic E-state index is -0.666. The number of ether oxygens (including phenoxy) is 1. The zero-order chi connectivity index (χ0) is 25.8. The first-order chi connectivity index (χ1) is 17.9. The van der Waals surface area contributed by atoms with Crippen molar-refractivity contribution in [1.29, 1.82) is 0 Å². The Morgan fingerprint density at radius 2 is 1.55 bits per heavy atom. The molecule has 2 atom stereocenters. The van der Waals surface area contributed by atoms with Crippen LogP contribution in [-0.4, -0.2) is 53.4 Å². The number of rotatable bonds is 9. The first kappa shape index (κ1) is 27.5. The van der Waals surface area contributed by atoms with E-state index in [1.807, 2.05) is 60.7 Å². The number of Topliss-reactive ketones (excluding diaryl/α,β-unsaturated/α-hetero) is 1. The van der Waals surface area contributed by atoms with Crippen LogP contribution in [0.5, 0.6) is 0 Å². The second kappa shape index (κ2) is 11.9. The summed E-state index contributed by atoms with van der Waals surface area (Å²) in [5.74, 6) is -0.346. The molecule has 6 rings (SSSR count). The van der Waals surface area contributed by atoms with Crippen LogP contribution in [0.4, 0.5) is 11.4 Å². The van der Waals surface area contributed by atoms with E-state index in [1.165, 1.54) is 12.1 Å². The monoisotopic (exact) mass is 579 g/mol. The highest BCUT2D eigenvalue weighted by Gasteiger charge is 2.49. The van der Waals surface area contributed by atoms with Crippen LogP contribution in [0.15, 0.2) is 84.9 Å². The Morgan fingerprint density at radius 3 is 2.21 bits per heavy atom. The average Bonchev–Trinajstić information content (AvgIpc) is 2.93. The summed E-state index contributed by atoms with van der Waals surface area (Å²) in [5.41, 5.74) is 1.60. The van der Waals surface area contributed by atoms with Crippen molar-refractivity contribution in [1.82, 2.24) is 0 Å². The summed E-state index contributed by atoms with van der Waals surface area (Å²) < 4.78 is 6.64. The Morgan fingerprint density at radius 1 is 0.947 bits per heavy atom. The van der Waals surface area contributed by atoms with Gasteiger partial charge in [-0.25, -0.2) is 4.79 Å². The van der Waals surface area contributed by atoms with Gasteiger partial charge in [-0.2, -0.15) is 0 Å². The van der Waals surface area contributed by atoms with Gasteiger partial charge in [-0.15, -0.1) is 0 Å². The van der Waals surface area contributed by atoms with E-state index in [2.05, 4.69) is 5.32 Å². The fourth-order valence-electron chi connectivity index (χ4n) is 5.68. The van der Waals surface area contributed by atoms with Gasteiger partial charge in [0, 0.05) is 30.5 Å². The summed E-state index contributed by atoms with van der Waals surface area (Å²) in [6.07, 6.45) is 1.39. The number of halogens is 1. The number of hydrogen-bond acceptors (Lipinski definition) is 6. The van der Waals surface area contributed by atoms with Gasteiger partial charge < -0.3 is 31.5 Å². The highest BCUT2D eigenvalue weighted by molar-refractivity contribution is 6.00. The Hall–Kier alpha value is -3.56. The van der Waals surface area contributed by atoms with Crippen LogP contribution in [0.25, 0.3) is 0 Å².